The molecule has 94 heteroatoms. The molecular weight excluding hydrogens is 1310 g/mol. The highest BCUT2D eigenvalue weighted by atomic mass is 79.9. The van der Waals surface area contributed by atoms with Crippen LogP contribution >= 0.6 is 15.9 Å². The summed E-state index contributed by atoms with van der Waals surface area (Å²) < 4.78 is 2.60. The average molecular weight is 1320 g/mol. The molecule has 0 saturated heterocycles. The Hall–Kier alpha value is 3.38. The van der Waals surface area contributed by atoms with Crippen LogP contribution in [0.25, 0.3) is 27.7 Å². The van der Waals surface area contributed by atoms with Gasteiger partial charge in [-0.3, -0.25) is 9.20 Å². The van der Waals surface area contributed by atoms with Crippen molar-refractivity contribution < 1.29 is 0 Å². The van der Waals surface area contributed by atoms with Gasteiger partial charge in [0.2, 0.25) is 0 Å². The van der Waals surface area contributed by atoms with Gasteiger partial charge in [-0.05, 0) is 41.5 Å². The van der Waals surface area contributed by atoms with E-state index in [1.165, 1.54) is 0 Å². The summed E-state index contributed by atoms with van der Waals surface area (Å²) in [7, 11) is 322. The Kier molecular flexibility index (Phi) is 49.0. The number of pyridine rings is 1. The molecule has 0 unspecified atom stereocenters. The van der Waals surface area contributed by atoms with Gasteiger partial charge in [0.05, 0.1) is 10.9 Å². The molecule has 92 radical (unpaired) electrons. The minimum atomic E-state index is -2.14. The van der Waals surface area contributed by atoms with Gasteiger partial charge in [-0.25, -0.2) is 4.98 Å². The normalized spacial score (nSPS) is 10.1. The van der Waals surface area contributed by atoms with Crippen LogP contribution in [0, 0.1) is 0 Å². The standard InChI is InChI=1S/C18H11BrN2O.B90/c19-15-7-3-1-5-13(15)12-9-10-21-17(11-12)20-16-8-4-2-6-14(16)18(21)22;1-47(2)70(48(3)4)81(69(45)46)87(82(71(49(5)6)50(7)8)72(51(9)10)52(11)12)90(88(83(73(53(13)14)54(15)16)74(55(17)18)56(19)20)84(75(57(21)22)58(23)24)76(59(25)26)60(27)28)89(85(77(61(29)30)62(31)32)78(63(33)34)64(35)36)86(79(65(37)38)66(39)40)80(67(41)42)68(43)44/h1-11H;. The van der Waals surface area contributed by atoms with Gasteiger partial charge in [0, 0.05) is 648 Å². The lowest BCUT2D eigenvalue weighted by atomic mass is 8.19. The predicted octanol–water partition coefficient (Wildman–Crippen LogP) is -30.0. The zero-order valence-electron chi connectivity index (χ0n) is 63.5. The maximum Gasteiger partial charge on any atom is 0.265 e. The predicted molar refractivity (Wildman–Crippen MR) is 610 cm³/mol. The molecule has 0 amide bonds. The van der Waals surface area contributed by atoms with E-state index in [0.717, 1.165) is 21.1 Å². The molecule has 4 aromatic rings. The molecule has 0 saturated carbocycles. The van der Waals surface area contributed by atoms with Gasteiger partial charge >= 0.3 is 0 Å². The molecule has 4 rings (SSSR count). The van der Waals surface area contributed by atoms with Crippen molar-refractivity contribution in [1.82, 2.24) is 9.38 Å². The van der Waals surface area contributed by atoms with Crippen LogP contribution in [-0.2, 0) is 0 Å². The number of hydrogen-bond donors (Lipinski definition) is 0. The summed E-state index contributed by atoms with van der Waals surface area (Å²) in [5.41, 5.74) is 3.43. The molecule has 0 fully saturated rings. The maximum absolute atomic E-state index is 12.5. The van der Waals surface area contributed by atoms with Crippen molar-refractivity contribution in [3.8, 4) is 11.1 Å². The van der Waals surface area contributed by atoms with E-state index in [4.69, 9.17) is 356 Å². The van der Waals surface area contributed by atoms with Gasteiger partial charge in [0.25, 0.3) is 5.56 Å². The highest BCUT2D eigenvalue weighted by Gasteiger charge is 2.67. The molecule has 0 N–H and O–H groups in total. The molecule has 112 heavy (non-hydrogen) atoms. The van der Waals surface area contributed by atoms with Crippen LogP contribution in [0.4, 0.5) is 0 Å². The fourth-order valence-electron chi connectivity index (χ4n) is 18.8. The minimum absolute atomic E-state index is 0.0423. The first-order valence-electron chi connectivity index (χ1n) is 36.6. The first kappa shape index (κ1) is 110. The molecule has 2 aromatic heterocycles. The molecule has 2 aromatic carbocycles. The molecule has 0 aliphatic rings. The second kappa shape index (κ2) is 50.1. The zero-order chi connectivity index (χ0) is 86.5. The third-order valence-electron chi connectivity index (χ3n) is 22.8. The summed E-state index contributed by atoms with van der Waals surface area (Å²) in [5, 5.41) is 0.633. The second-order valence-corrected chi connectivity index (χ2v) is 31.3. The van der Waals surface area contributed by atoms with Gasteiger partial charge in [0.15, 0.2) is 0 Å². The van der Waals surface area contributed by atoms with Crippen LogP contribution in [0.5, 0.6) is 0 Å². The Balaban J connectivity index is 0.00000123. The fourth-order valence-corrected chi connectivity index (χ4v) is 19.3. The smallest absolute Gasteiger partial charge is 0.265 e. The molecule has 2 heterocycles. The average Bonchev–Trinajstić information content (AvgIpc) is 0.709. The number of benzene rings is 2. The molecule has 0 bridgehead atoms. The van der Waals surface area contributed by atoms with Gasteiger partial charge in [0.1, 0.15) is 5.65 Å². The first-order valence-corrected chi connectivity index (χ1v) is 37.4. The van der Waals surface area contributed by atoms with Crippen LogP contribution in [0.1, 0.15) is 0 Å². The summed E-state index contributed by atoms with van der Waals surface area (Å²) in [6, 6.07) is 19.3. The topological polar surface area (TPSA) is 34.4 Å². The number of para-hydroxylation sites is 1. The third kappa shape index (κ3) is 27.9. The van der Waals surface area contributed by atoms with E-state index in [0.29, 0.717) is 11.0 Å². The zero-order valence-corrected chi connectivity index (χ0v) is 65.1. The number of halogens is 1. The molecule has 0 atom stereocenters. The van der Waals surface area contributed by atoms with Crippen LogP contribution in [0.15, 0.2) is 76.1 Å². The summed E-state index contributed by atoms with van der Waals surface area (Å²) in [4.78, 5) is 17.1. The van der Waals surface area contributed by atoms with Gasteiger partial charge in [-0.1, -0.05) is 46.3 Å². The number of aromatic nitrogens is 2. The van der Waals surface area contributed by atoms with E-state index in [2.05, 4.69) is 20.9 Å². The second-order valence-electron chi connectivity index (χ2n) is 30.5. The third-order valence-corrected chi connectivity index (χ3v) is 23.5. The van der Waals surface area contributed by atoms with Crippen molar-refractivity contribution in [2.24, 2.45) is 0 Å². The lowest BCUT2D eigenvalue weighted by Gasteiger charge is -2.62. The fraction of sp³-hybridized carbons (Fsp3) is 0. The van der Waals surface area contributed by atoms with Gasteiger partial charge < -0.3 is 0 Å². The van der Waals surface area contributed by atoms with Crippen molar-refractivity contribution in [1.29, 1.82) is 0 Å². The molecular formula is C18H11B90BrN2O. The molecule has 0 spiro atoms. The SMILES string of the molecule is O=c1c2ccccc2nc2cc(-c3ccccc3Br)ccn12.[B]B([B])B(B([B])[B])B(B([B])[B])B(B(B(B([B])[B])B([B])[B])B(B([B])[B])B([B])[B])B(B(B(B(B([B])[B])B([B])[B])B(B([B])[B])B([B])[B])B(B(B([B])[B])B([B])[B])B(B([B])[B])B([B])[B])B(B(B(B([B])[B])B([B])[B])B(B([B])[B])B([B])[B])B(B(B([B])[B])B([B])[B])B(B([B])[B])B([B])[B]. The van der Waals surface area contributed by atoms with Crippen molar-refractivity contribution in [3.63, 3.8) is 0 Å². The monoisotopic (exact) mass is 1340 g/mol. The lowest BCUT2D eigenvalue weighted by Crippen LogP contribution is -3.00. The van der Waals surface area contributed by atoms with E-state index in [-0.39, 0.29) is 5.56 Å². The maximum atomic E-state index is 12.5. The summed E-state index contributed by atoms with van der Waals surface area (Å²) in [5.74, 6) is 0. The number of nitrogens with zero attached hydrogens (tertiary/aromatic N) is 2. The van der Waals surface area contributed by atoms with Crippen LogP contribution in [-0.4, -0.2) is 646 Å². The van der Waals surface area contributed by atoms with Crippen molar-refractivity contribution >= 4 is 669 Å². The van der Waals surface area contributed by atoms with Crippen molar-refractivity contribution in [2.45, 2.75) is 0 Å². The van der Waals surface area contributed by atoms with Gasteiger partial charge in [-0.15, -0.1) is 0 Å². The van der Waals surface area contributed by atoms with Crippen LogP contribution < -0.4 is 5.56 Å². The Bertz CT molecular complexity index is 3020. The van der Waals surface area contributed by atoms with Crippen molar-refractivity contribution in [3.05, 3.63) is 81.7 Å². The number of rotatable bonds is 44. The van der Waals surface area contributed by atoms with E-state index >= 15 is 0 Å². The van der Waals surface area contributed by atoms with E-state index < -0.39 is 281 Å². The Morgan fingerprint density at radius 2 is 0.420 bits per heavy atom. The Labute approximate surface area is 763 Å². The number of hydrogen-bond acceptors (Lipinski definition) is 2. The Morgan fingerprint density at radius 1 is 0.232 bits per heavy atom. The largest absolute Gasteiger partial charge is 0.268 e. The molecule has 376 valence electrons. The van der Waals surface area contributed by atoms with Crippen LogP contribution in [0.3, 0.4) is 0 Å². The lowest BCUT2D eigenvalue weighted by molar-refractivity contribution is 1.08. The van der Waals surface area contributed by atoms with E-state index in [1.807, 2.05) is 54.6 Å². The number of fused-ring (bicyclic) bond motifs is 2. The molecule has 0 aliphatic heterocycles. The highest BCUT2D eigenvalue weighted by Crippen LogP contribution is 2.31. The highest BCUT2D eigenvalue weighted by molar-refractivity contribution is 9.10. The molecule has 3 nitrogen and oxygen atoms in total. The van der Waals surface area contributed by atoms with E-state index in [9.17, 15) is 4.79 Å². The molecule has 0 aliphatic carbocycles. The Morgan fingerprint density at radius 3 is 0.643 bits per heavy atom. The summed E-state index contributed by atoms with van der Waals surface area (Å²) in [6.45, 7) is 0. The summed E-state index contributed by atoms with van der Waals surface area (Å²) in [6.07, 6.45) is -77.3. The summed E-state index contributed by atoms with van der Waals surface area (Å²) >= 11 is 3.56. The first-order chi connectivity index (χ1) is 51.6. The minimum Gasteiger partial charge on any atom is -0.268 e. The van der Waals surface area contributed by atoms with Crippen LogP contribution in [0.2, 0.25) is 0 Å². The van der Waals surface area contributed by atoms with E-state index in [1.54, 1.807) is 16.7 Å². The van der Waals surface area contributed by atoms with Crippen molar-refractivity contribution in [2.75, 3.05) is 0 Å². The van der Waals surface area contributed by atoms with Gasteiger partial charge in [-0.2, -0.15) is 0 Å². The quantitative estimate of drug-likeness (QED) is 0.0327.